The Morgan fingerprint density at radius 3 is 2.35 bits per heavy atom. The van der Waals surface area contributed by atoms with Crippen LogP contribution in [0.2, 0.25) is 0 Å². The SMILES string of the molecule is CCC(C(=O)NC)N(CCc1ccccc1)C(=O)Cc1ccccc1F. The van der Waals surface area contributed by atoms with Crippen molar-refractivity contribution >= 4 is 11.8 Å². The highest BCUT2D eigenvalue weighted by Gasteiger charge is 2.27. The fraction of sp³-hybridized carbons (Fsp3) is 0.333. The third kappa shape index (κ3) is 5.15. The first-order chi connectivity index (χ1) is 12.6. The average molecular weight is 356 g/mol. The van der Waals surface area contributed by atoms with Crippen molar-refractivity contribution in [2.75, 3.05) is 13.6 Å². The second-order valence-electron chi connectivity index (χ2n) is 6.13. The minimum absolute atomic E-state index is 0.0606. The van der Waals surface area contributed by atoms with Crippen LogP contribution in [0.3, 0.4) is 0 Å². The zero-order valence-electron chi connectivity index (χ0n) is 15.2. The smallest absolute Gasteiger partial charge is 0.242 e. The molecule has 0 radical (unpaired) electrons. The van der Waals surface area contributed by atoms with E-state index >= 15 is 0 Å². The second kappa shape index (κ2) is 9.70. The number of carbonyl (C=O) groups excluding carboxylic acids is 2. The summed E-state index contributed by atoms with van der Waals surface area (Å²) >= 11 is 0. The number of hydrogen-bond donors (Lipinski definition) is 1. The van der Waals surface area contributed by atoms with Gasteiger partial charge in [-0.2, -0.15) is 0 Å². The zero-order valence-corrected chi connectivity index (χ0v) is 15.2. The predicted octanol–water partition coefficient (Wildman–Crippen LogP) is 2.96. The van der Waals surface area contributed by atoms with Crippen LogP contribution in [0, 0.1) is 5.82 Å². The lowest BCUT2D eigenvalue weighted by molar-refractivity contribution is -0.140. The van der Waals surface area contributed by atoms with Crippen LogP contribution in [0.5, 0.6) is 0 Å². The molecule has 2 amide bonds. The maximum atomic E-state index is 13.9. The third-order valence-corrected chi connectivity index (χ3v) is 4.42. The van der Waals surface area contributed by atoms with Crippen LogP contribution < -0.4 is 5.32 Å². The van der Waals surface area contributed by atoms with Gasteiger partial charge in [-0.1, -0.05) is 55.5 Å². The summed E-state index contributed by atoms with van der Waals surface area (Å²) in [7, 11) is 1.56. The minimum atomic E-state index is -0.567. The molecule has 0 saturated heterocycles. The predicted molar refractivity (Wildman–Crippen MR) is 100 cm³/mol. The van der Waals surface area contributed by atoms with Gasteiger partial charge in [0.15, 0.2) is 0 Å². The summed E-state index contributed by atoms with van der Waals surface area (Å²) in [4.78, 5) is 26.7. The summed E-state index contributed by atoms with van der Waals surface area (Å²) in [6, 6.07) is 15.5. The van der Waals surface area contributed by atoms with Crippen LogP contribution in [0.25, 0.3) is 0 Å². The van der Waals surface area contributed by atoms with Crippen molar-refractivity contribution in [3.05, 3.63) is 71.5 Å². The molecule has 0 fully saturated rings. The van der Waals surface area contributed by atoms with Crippen LogP contribution in [-0.4, -0.2) is 36.3 Å². The number of likely N-dealkylation sites (N-methyl/N-ethyl adjacent to an activating group) is 1. The largest absolute Gasteiger partial charge is 0.357 e. The molecule has 2 aromatic rings. The Labute approximate surface area is 154 Å². The average Bonchev–Trinajstić information content (AvgIpc) is 2.67. The van der Waals surface area contributed by atoms with Gasteiger partial charge in [-0.3, -0.25) is 9.59 Å². The van der Waals surface area contributed by atoms with Crippen molar-refractivity contribution in [3.8, 4) is 0 Å². The van der Waals surface area contributed by atoms with Gasteiger partial charge in [0.2, 0.25) is 11.8 Å². The first-order valence-electron chi connectivity index (χ1n) is 8.85. The quantitative estimate of drug-likeness (QED) is 0.791. The Balaban J connectivity index is 2.19. The Morgan fingerprint density at radius 1 is 1.08 bits per heavy atom. The lowest BCUT2D eigenvalue weighted by Crippen LogP contribution is -2.49. The van der Waals surface area contributed by atoms with Crippen molar-refractivity contribution in [3.63, 3.8) is 0 Å². The summed E-state index contributed by atoms with van der Waals surface area (Å²) in [6.07, 6.45) is 1.07. The van der Waals surface area contributed by atoms with Gasteiger partial charge in [-0.05, 0) is 30.0 Å². The first-order valence-corrected chi connectivity index (χ1v) is 8.85. The molecule has 0 aromatic heterocycles. The Hall–Kier alpha value is -2.69. The summed E-state index contributed by atoms with van der Waals surface area (Å²) in [5, 5.41) is 2.62. The van der Waals surface area contributed by atoms with Crippen LogP contribution in [0.1, 0.15) is 24.5 Å². The Kier molecular flexibility index (Phi) is 7.33. The molecule has 2 aromatic carbocycles. The second-order valence-corrected chi connectivity index (χ2v) is 6.13. The molecular weight excluding hydrogens is 331 g/mol. The van der Waals surface area contributed by atoms with Crippen molar-refractivity contribution in [1.29, 1.82) is 0 Å². The van der Waals surface area contributed by atoms with Gasteiger partial charge in [0.1, 0.15) is 11.9 Å². The van der Waals surface area contributed by atoms with E-state index in [1.807, 2.05) is 37.3 Å². The first kappa shape index (κ1) is 19.6. The van der Waals surface area contributed by atoms with E-state index in [2.05, 4.69) is 5.32 Å². The van der Waals surface area contributed by atoms with E-state index in [4.69, 9.17) is 0 Å². The molecular formula is C21H25FN2O2. The number of nitrogens with zero attached hydrogens (tertiary/aromatic N) is 1. The maximum absolute atomic E-state index is 13.9. The Morgan fingerprint density at radius 2 is 1.73 bits per heavy atom. The standard InChI is InChI=1S/C21H25FN2O2/c1-3-19(21(26)23-2)24(14-13-16-9-5-4-6-10-16)20(25)15-17-11-7-8-12-18(17)22/h4-12,19H,3,13-15H2,1-2H3,(H,23,26). The summed E-state index contributed by atoms with van der Waals surface area (Å²) in [5.41, 5.74) is 1.43. The number of rotatable bonds is 8. The fourth-order valence-corrected chi connectivity index (χ4v) is 2.97. The molecule has 0 aliphatic heterocycles. The molecule has 1 N–H and O–H groups in total. The van der Waals surface area contributed by atoms with Gasteiger partial charge in [-0.15, -0.1) is 0 Å². The molecule has 0 aliphatic carbocycles. The molecule has 2 rings (SSSR count). The molecule has 0 bridgehead atoms. The molecule has 0 heterocycles. The number of hydrogen-bond acceptors (Lipinski definition) is 2. The zero-order chi connectivity index (χ0) is 18.9. The number of benzene rings is 2. The van der Waals surface area contributed by atoms with Crippen LogP contribution in [0.15, 0.2) is 54.6 Å². The Bertz CT molecular complexity index is 734. The molecule has 5 heteroatoms. The fourth-order valence-electron chi connectivity index (χ4n) is 2.97. The van der Waals surface area contributed by atoms with Crippen LogP contribution in [-0.2, 0) is 22.4 Å². The summed E-state index contributed by atoms with van der Waals surface area (Å²) in [5.74, 6) is -0.860. The normalized spacial score (nSPS) is 11.7. The monoisotopic (exact) mass is 356 g/mol. The molecule has 138 valence electrons. The maximum Gasteiger partial charge on any atom is 0.242 e. The minimum Gasteiger partial charge on any atom is -0.357 e. The van der Waals surface area contributed by atoms with Crippen LogP contribution >= 0.6 is 0 Å². The summed E-state index contributed by atoms with van der Waals surface area (Å²) in [6.45, 7) is 2.27. The molecule has 1 unspecified atom stereocenters. The van der Waals surface area contributed by atoms with Gasteiger partial charge >= 0.3 is 0 Å². The van der Waals surface area contributed by atoms with Crippen molar-refractivity contribution in [1.82, 2.24) is 10.2 Å². The van der Waals surface area contributed by atoms with Gasteiger partial charge in [0.05, 0.1) is 6.42 Å². The van der Waals surface area contributed by atoms with E-state index < -0.39 is 11.9 Å². The van der Waals surface area contributed by atoms with Gasteiger partial charge in [-0.25, -0.2) is 4.39 Å². The van der Waals surface area contributed by atoms with E-state index in [1.165, 1.54) is 6.07 Å². The number of halogens is 1. The highest BCUT2D eigenvalue weighted by Crippen LogP contribution is 2.14. The number of amides is 2. The molecule has 0 spiro atoms. The van der Waals surface area contributed by atoms with E-state index in [9.17, 15) is 14.0 Å². The topological polar surface area (TPSA) is 49.4 Å². The van der Waals surface area contributed by atoms with Gasteiger partial charge < -0.3 is 10.2 Å². The lowest BCUT2D eigenvalue weighted by Gasteiger charge is -2.30. The van der Waals surface area contributed by atoms with E-state index in [0.29, 0.717) is 24.9 Å². The molecule has 1 atom stereocenters. The lowest BCUT2D eigenvalue weighted by atomic mass is 10.1. The molecule has 0 aliphatic rings. The number of nitrogens with one attached hydrogen (secondary N) is 1. The summed E-state index contributed by atoms with van der Waals surface area (Å²) < 4.78 is 13.9. The van der Waals surface area contributed by atoms with E-state index in [1.54, 1.807) is 30.1 Å². The highest BCUT2D eigenvalue weighted by molar-refractivity contribution is 5.88. The van der Waals surface area contributed by atoms with Crippen molar-refractivity contribution in [2.45, 2.75) is 32.2 Å². The molecule has 4 nitrogen and oxygen atoms in total. The number of carbonyl (C=O) groups is 2. The van der Waals surface area contributed by atoms with E-state index in [-0.39, 0.29) is 18.2 Å². The van der Waals surface area contributed by atoms with Crippen molar-refractivity contribution < 1.29 is 14.0 Å². The molecule has 26 heavy (non-hydrogen) atoms. The van der Waals surface area contributed by atoms with Crippen LogP contribution in [0.4, 0.5) is 4.39 Å². The van der Waals surface area contributed by atoms with Crippen molar-refractivity contribution in [2.24, 2.45) is 0 Å². The molecule has 0 saturated carbocycles. The highest BCUT2D eigenvalue weighted by atomic mass is 19.1. The van der Waals surface area contributed by atoms with Gasteiger partial charge in [0.25, 0.3) is 0 Å². The van der Waals surface area contributed by atoms with Gasteiger partial charge in [0, 0.05) is 13.6 Å². The van der Waals surface area contributed by atoms with E-state index in [0.717, 1.165) is 5.56 Å². The third-order valence-electron chi connectivity index (χ3n) is 4.42.